The zero-order valence-corrected chi connectivity index (χ0v) is 7.60. The maximum absolute atomic E-state index is 5.44. The van der Waals surface area contributed by atoms with E-state index in [0.29, 0.717) is 6.61 Å². The molecule has 0 radical (unpaired) electrons. The molecule has 0 aromatic heterocycles. The van der Waals surface area contributed by atoms with Crippen molar-refractivity contribution in [1.82, 2.24) is 0 Å². The Morgan fingerprint density at radius 2 is 2.21 bits per heavy atom. The molecule has 14 heavy (non-hydrogen) atoms. The van der Waals surface area contributed by atoms with E-state index in [2.05, 4.69) is 17.1 Å². The third-order valence-corrected chi connectivity index (χ3v) is 2.41. The Morgan fingerprint density at radius 3 is 3.21 bits per heavy atom. The summed E-state index contributed by atoms with van der Waals surface area (Å²) < 4.78 is 5.44. The Bertz CT molecular complexity index is 552. The SMILES string of the molecule is C1=CN=c2c(ccc3c2=CCO3)C=C1. The van der Waals surface area contributed by atoms with Crippen molar-refractivity contribution in [2.75, 3.05) is 6.61 Å². The monoisotopic (exact) mass is 183 g/mol. The van der Waals surface area contributed by atoms with Gasteiger partial charge in [-0.3, -0.25) is 4.99 Å². The Kier molecular flexibility index (Phi) is 1.53. The minimum atomic E-state index is 0.661. The van der Waals surface area contributed by atoms with E-state index in [1.807, 2.05) is 30.5 Å². The molecular weight excluding hydrogens is 174 g/mol. The first-order valence-corrected chi connectivity index (χ1v) is 4.62. The lowest BCUT2D eigenvalue weighted by Crippen LogP contribution is -2.26. The molecule has 0 spiro atoms. The summed E-state index contributed by atoms with van der Waals surface area (Å²) in [5.41, 5.74) is 1.15. The van der Waals surface area contributed by atoms with Crippen molar-refractivity contribution in [3.05, 3.63) is 46.6 Å². The number of hydrogen-bond acceptors (Lipinski definition) is 2. The lowest BCUT2D eigenvalue weighted by molar-refractivity contribution is 0.385. The van der Waals surface area contributed by atoms with Crippen molar-refractivity contribution < 1.29 is 4.74 Å². The molecule has 0 saturated heterocycles. The van der Waals surface area contributed by atoms with Crippen LogP contribution in [-0.4, -0.2) is 6.61 Å². The number of rotatable bonds is 0. The van der Waals surface area contributed by atoms with E-state index < -0.39 is 0 Å². The molecule has 68 valence electrons. The van der Waals surface area contributed by atoms with Crippen LogP contribution in [0.5, 0.6) is 5.75 Å². The highest BCUT2D eigenvalue weighted by atomic mass is 16.5. The van der Waals surface area contributed by atoms with Gasteiger partial charge in [0, 0.05) is 17.0 Å². The molecule has 0 atom stereocenters. The second-order valence-corrected chi connectivity index (χ2v) is 3.26. The van der Waals surface area contributed by atoms with Gasteiger partial charge in [0.25, 0.3) is 0 Å². The summed E-state index contributed by atoms with van der Waals surface area (Å²) in [6.45, 7) is 0.661. The largest absolute Gasteiger partial charge is 0.489 e. The standard InChI is InChI=1S/C12H9NO/c1-2-7-13-12-9(3-1)4-5-11-10(12)6-8-14-11/h1-7H,8H2. The fraction of sp³-hybridized carbons (Fsp3) is 0.0833. The maximum atomic E-state index is 5.44. The molecular formula is C12H9NO. The summed E-state index contributed by atoms with van der Waals surface area (Å²) in [5.74, 6) is 0.941. The first-order chi connectivity index (χ1) is 6.95. The van der Waals surface area contributed by atoms with E-state index in [1.54, 1.807) is 0 Å². The van der Waals surface area contributed by atoms with Crippen molar-refractivity contribution >= 4 is 12.2 Å². The van der Waals surface area contributed by atoms with Crippen LogP contribution >= 0.6 is 0 Å². The second kappa shape index (κ2) is 2.84. The number of fused-ring (bicyclic) bond motifs is 3. The number of hydrogen-bond donors (Lipinski definition) is 0. The van der Waals surface area contributed by atoms with Crippen molar-refractivity contribution in [2.45, 2.75) is 0 Å². The fourth-order valence-electron chi connectivity index (χ4n) is 1.75. The van der Waals surface area contributed by atoms with Crippen LogP contribution in [0.3, 0.4) is 0 Å². The van der Waals surface area contributed by atoms with Gasteiger partial charge in [0.2, 0.25) is 0 Å². The van der Waals surface area contributed by atoms with Gasteiger partial charge in [-0.1, -0.05) is 12.2 Å². The predicted molar refractivity (Wildman–Crippen MR) is 55.4 cm³/mol. The molecule has 0 aliphatic carbocycles. The zero-order chi connectivity index (χ0) is 9.38. The molecule has 2 nitrogen and oxygen atoms in total. The Labute approximate surface area is 81.5 Å². The first-order valence-electron chi connectivity index (χ1n) is 4.62. The average Bonchev–Trinajstić information content (AvgIpc) is 2.55. The molecule has 0 saturated carbocycles. The Balaban J connectivity index is 2.47. The highest BCUT2D eigenvalue weighted by molar-refractivity contribution is 5.55. The minimum absolute atomic E-state index is 0.661. The topological polar surface area (TPSA) is 21.6 Å². The molecule has 0 unspecified atom stereocenters. The number of nitrogens with zero attached hydrogens (tertiary/aromatic N) is 1. The van der Waals surface area contributed by atoms with E-state index in [0.717, 1.165) is 21.9 Å². The van der Waals surface area contributed by atoms with Crippen LogP contribution in [-0.2, 0) is 0 Å². The predicted octanol–water partition coefficient (Wildman–Crippen LogP) is 1.02. The van der Waals surface area contributed by atoms with Gasteiger partial charge >= 0.3 is 0 Å². The Hall–Kier alpha value is -1.83. The summed E-state index contributed by atoms with van der Waals surface area (Å²) in [7, 11) is 0. The van der Waals surface area contributed by atoms with Gasteiger partial charge in [0.15, 0.2) is 0 Å². The van der Waals surface area contributed by atoms with Gasteiger partial charge < -0.3 is 4.74 Å². The van der Waals surface area contributed by atoms with Crippen molar-refractivity contribution in [1.29, 1.82) is 0 Å². The molecule has 1 aromatic rings. The smallest absolute Gasteiger partial charge is 0.129 e. The number of allylic oxidation sites excluding steroid dienone is 2. The molecule has 0 N–H and O–H groups in total. The van der Waals surface area contributed by atoms with E-state index >= 15 is 0 Å². The maximum Gasteiger partial charge on any atom is 0.129 e. The normalized spacial score (nSPS) is 16.0. The fourth-order valence-corrected chi connectivity index (χ4v) is 1.75. The molecule has 1 aromatic carbocycles. The third-order valence-electron chi connectivity index (χ3n) is 2.41. The van der Waals surface area contributed by atoms with Crippen LogP contribution in [0.1, 0.15) is 5.56 Å². The van der Waals surface area contributed by atoms with E-state index in [9.17, 15) is 0 Å². The molecule has 2 aliphatic rings. The molecule has 2 aliphatic heterocycles. The summed E-state index contributed by atoms with van der Waals surface area (Å²) in [4.78, 5) is 4.40. The van der Waals surface area contributed by atoms with Crippen molar-refractivity contribution in [2.24, 2.45) is 4.99 Å². The quantitative estimate of drug-likeness (QED) is 0.588. The molecule has 0 bridgehead atoms. The third kappa shape index (κ3) is 1.01. The lowest BCUT2D eigenvalue weighted by Gasteiger charge is -1.98. The van der Waals surface area contributed by atoms with E-state index in [-0.39, 0.29) is 0 Å². The van der Waals surface area contributed by atoms with Gasteiger partial charge in [0.1, 0.15) is 12.4 Å². The van der Waals surface area contributed by atoms with Crippen LogP contribution in [0.2, 0.25) is 0 Å². The van der Waals surface area contributed by atoms with Crippen LogP contribution < -0.4 is 15.3 Å². The van der Waals surface area contributed by atoms with Gasteiger partial charge in [-0.05, 0) is 24.3 Å². The van der Waals surface area contributed by atoms with Gasteiger partial charge in [-0.2, -0.15) is 0 Å². The minimum Gasteiger partial charge on any atom is -0.489 e. The van der Waals surface area contributed by atoms with E-state index in [4.69, 9.17) is 4.74 Å². The molecule has 2 heterocycles. The highest BCUT2D eigenvalue weighted by Crippen LogP contribution is 2.08. The number of ether oxygens (including phenoxy) is 1. The van der Waals surface area contributed by atoms with Crippen molar-refractivity contribution in [3.8, 4) is 5.75 Å². The van der Waals surface area contributed by atoms with Crippen LogP contribution in [0.25, 0.3) is 12.2 Å². The Morgan fingerprint density at radius 1 is 1.21 bits per heavy atom. The van der Waals surface area contributed by atoms with Crippen LogP contribution in [0, 0.1) is 0 Å². The number of benzene rings is 1. The summed E-state index contributed by atoms with van der Waals surface area (Å²) in [5, 5.41) is 2.14. The first kappa shape index (κ1) is 7.56. The summed E-state index contributed by atoms with van der Waals surface area (Å²) >= 11 is 0. The molecule has 0 amide bonds. The molecule has 3 rings (SSSR count). The molecule has 2 heteroatoms. The average molecular weight is 183 g/mol. The van der Waals surface area contributed by atoms with Gasteiger partial charge in [0.05, 0.1) is 5.36 Å². The lowest BCUT2D eigenvalue weighted by atomic mass is 10.1. The van der Waals surface area contributed by atoms with E-state index in [1.165, 1.54) is 0 Å². The second-order valence-electron chi connectivity index (χ2n) is 3.26. The molecule has 0 fully saturated rings. The summed E-state index contributed by atoms with van der Waals surface area (Å²) in [6.07, 6.45) is 9.88. The van der Waals surface area contributed by atoms with Gasteiger partial charge in [-0.25, -0.2) is 0 Å². The van der Waals surface area contributed by atoms with Crippen LogP contribution in [0.4, 0.5) is 0 Å². The van der Waals surface area contributed by atoms with Crippen LogP contribution in [0.15, 0.2) is 35.5 Å². The highest BCUT2D eigenvalue weighted by Gasteiger charge is 2.07. The van der Waals surface area contributed by atoms with Gasteiger partial charge in [-0.15, -0.1) is 0 Å². The zero-order valence-electron chi connectivity index (χ0n) is 7.60. The van der Waals surface area contributed by atoms with Crippen molar-refractivity contribution in [3.63, 3.8) is 0 Å². The summed E-state index contributed by atoms with van der Waals surface area (Å²) in [6, 6.07) is 4.04.